The molecule has 0 spiro atoms. The average molecular weight is 331 g/mol. The van der Waals surface area contributed by atoms with Crippen molar-refractivity contribution in [2.45, 2.75) is 19.8 Å². The summed E-state index contributed by atoms with van der Waals surface area (Å²) in [6.07, 6.45) is 2.19. The molecule has 3 rings (SSSR count). The summed E-state index contributed by atoms with van der Waals surface area (Å²) >= 11 is 1.47. The van der Waals surface area contributed by atoms with E-state index in [0.29, 0.717) is 15.8 Å². The van der Waals surface area contributed by atoms with E-state index in [0.717, 1.165) is 16.0 Å². The van der Waals surface area contributed by atoms with Crippen molar-refractivity contribution >= 4 is 27.5 Å². The second-order valence-corrected chi connectivity index (χ2v) is 6.16. The lowest BCUT2D eigenvalue weighted by Crippen LogP contribution is -2.33. The number of nitrogens with zero attached hydrogens (tertiary/aromatic N) is 2. The van der Waals surface area contributed by atoms with Gasteiger partial charge in [0.1, 0.15) is 17.0 Å². The molecule has 0 unspecified atom stereocenters. The number of amides is 1. The predicted octanol–water partition coefficient (Wildman–Crippen LogP) is 2.47. The van der Waals surface area contributed by atoms with Gasteiger partial charge in [-0.1, -0.05) is 19.1 Å². The normalized spacial score (nSPS) is 10.9. The molecule has 7 heteroatoms. The lowest BCUT2D eigenvalue weighted by molar-refractivity contribution is -0.116. The Labute approximate surface area is 135 Å². The Morgan fingerprint density at radius 2 is 2.09 bits per heavy atom. The zero-order valence-corrected chi connectivity index (χ0v) is 13.2. The van der Waals surface area contributed by atoms with Gasteiger partial charge in [-0.3, -0.25) is 15.0 Å². The van der Waals surface area contributed by atoms with Crippen LogP contribution in [-0.2, 0) is 17.6 Å². The molecule has 0 aliphatic carbocycles. The van der Waals surface area contributed by atoms with Crippen LogP contribution in [0.25, 0.3) is 10.2 Å². The molecular formula is C16H14FN3O2S. The van der Waals surface area contributed by atoms with Crippen molar-refractivity contribution in [1.29, 1.82) is 0 Å². The third-order valence-corrected chi connectivity index (χ3v) is 4.56. The molecule has 0 aliphatic heterocycles. The highest BCUT2D eigenvalue weighted by atomic mass is 32.1. The fraction of sp³-hybridized carbons (Fsp3) is 0.188. The van der Waals surface area contributed by atoms with Crippen molar-refractivity contribution in [2.75, 3.05) is 5.43 Å². The van der Waals surface area contributed by atoms with Crippen LogP contribution in [0, 0.1) is 5.82 Å². The Balaban J connectivity index is 1.80. The molecule has 0 aliphatic rings. The van der Waals surface area contributed by atoms with E-state index in [1.807, 2.05) is 6.92 Å². The van der Waals surface area contributed by atoms with E-state index in [-0.39, 0.29) is 23.7 Å². The number of benzene rings is 1. The molecule has 0 atom stereocenters. The molecule has 3 aromatic rings. The summed E-state index contributed by atoms with van der Waals surface area (Å²) in [6, 6.07) is 7.45. The Morgan fingerprint density at radius 3 is 2.78 bits per heavy atom. The van der Waals surface area contributed by atoms with Crippen molar-refractivity contribution < 1.29 is 9.18 Å². The number of nitrogens with one attached hydrogen (secondary N) is 1. The summed E-state index contributed by atoms with van der Waals surface area (Å²) < 4.78 is 13.9. The molecule has 0 saturated heterocycles. The van der Waals surface area contributed by atoms with Gasteiger partial charge in [0.25, 0.3) is 5.56 Å². The van der Waals surface area contributed by atoms with Crippen LogP contribution in [-0.4, -0.2) is 15.6 Å². The number of carbonyl (C=O) groups is 1. The van der Waals surface area contributed by atoms with E-state index in [9.17, 15) is 14.0 Å². The van der Waals surface area contributed by atoms with Crippen LogP contribution >= 0.6 is 11.3 Å². The summed E-state index contributed by atoms with van der Waals surface area (Å²) in [6.45, 7) is 2.01. The van der Waals surface area contributed by atoms with Gasteiger partial charge in [0.15, 0.2) is 0 Å². The maximum atomic E-state index is 12.9. The van der Waals surface area contributed by atoms with Gasteiger partial charge < -0.3 is 0 Å². The minimum atomic E-state index is -0.370. The van der Waals surface area contributed by atoms with E-state index < -0.39 is 0 Å². The molecule has 23 heavy (non-hydrogen) atoms. The van der Waals surface area contributed by atoms with Crippen LogP contribution in [0.2, 0.25) is 0 Å². The van der Waals surface area contributed by atoms with Crippen LogP contribution in [0.15, 0.2) is 41.5 Å². The predicted molar refractivity (Wildman–Crippen MR) is 87.7 cm³/mol. The van der Waals surface area contributed by atoms with Gasteiger partial charge in [0.05, 0.1) is 11.8 Å². The fourth-order valence-corrected chi connectivity index (χ4v) is 3.11. The van der Waals surface area contributed by atoms with Gasteiger partial charge in [0.2, 0.25) is 5.91 Å². The molecule has 2 aromatic heterocycles. The fourth-order valence-electron chi connectivity index (χ4n) is 2.19. The number of thiophene rings is 1. The molecule has 1 N–H and O–H groups in total. The lowest BCUT2D eigenvalue weighted by Gasteiger charge is -2.07. The van der Waals surface area contributed by atoms with Crippen molar-refractivity contribution in [2.24, 2.45) is 0 Å². The molecule has 0 fully saturated rings. The first-order chi connectivity index (χ1) is 11.1. The number of hydrogen-bond donors (Lipinski definition) is 1. The van der Waals surface area contributed by atoms with Gasteiger partial charge >= 0.3 is 0 Å². The molecule has 5 nitrogen and oxygen atoms in total. The maximum Gasteiger partial charge on any atom is 0.280 e. The van der Waals surface area contributed by atoms with Crippen LogP contribution in [0.3, 0.4) is 0 Å². The highest BCUT2D eigenvalue weighted by Crippen LogP contribution is 2.20. The first-order valence-electron chi connectivity index (χ1n) is 7.11. The number of halogens is 1. The minimum Gasteiger partial charge on any atom is -0.273 e. The standard InChI is InChI=1S/C16H14FN3O2S/c1-2-12-8-13-15(23-12)18-9-20(16(13)22)19-14(21)7-10-3-5-11(17)6-4-10/h3-6,8-9H,2,7H2,1H3,(H,19,21). The summed E-state index contributed by atoms with van der Waals surface area (Å²) in [5.74, 6) is -0.727. The van der Waals surface area contributed by atoms with Crippen molar-refractivity contribution in [1.82, 2.24) is 9.66 Å². The summed E-state index contributed by atoms with van der Waals surface area (Å²) in [7, 11) is 0. The van der Waals surface area contributed by atoms with Crippen molar-refractivity contribution in [3.8, 4) is 0 Å². The molecule has 1 amide bonds. The number of aryl methyl sites for hydroxylation is 1. The van der Waals surface area contributed by atoms with Gasteiger partial charge in [-0.2, -0.15) is 0 Å². The van der Waals surface area contributed by atoms with Crippen LogP contribution in [0.5, 0.6) is 0 Å². The third kappa shape index (κ3) is 3.29. The quantitative estimate of drug-likeness (QED) is 0.799. The lowest BCUT2D eigenvalue weighted by atomic mass is 10.1. The van der Waals surface area contributed by atoms with E-state index >= 15 is 0 Å². The van der Waals surface area contributed by atoms with Crippen molar-refractivity contribution in [3.05, 3.63) is 63.3 Å². The third-order valence-electron chi connectivity index (χ3n) is 3.37. The highest BCUT2D eigenvalue weighted by Gasteiger charge is 2.10. The maximum absolute atomic E-state index is 12.9. The Morgan fingerprint density at radius 1 is 1.35 bits per heavy atom. The molecular weight excluding hydrogens is 317 g/mol. The van der Waals surface area contributed by atoms with E-state index in [1.165, 1.54) is 41.9 Å². The topological polar surface area (TPSA) is 64.0 Å². The monoisotopic (exact) mass is 331 g/mol. The van der Waals surface area contributed by atoms with Gasteiger partial charge in [0, 0.05) is 4.88 Å². The summed E-state index contributed by atoms with van der Waals surface area (Å²) in [4.78, 5) is 30.3. The second kappa shape index (κ2) is 6.29. The zero-order chi connectivity index (χ0) is 16.4. The molecule has 0 bridgehead atoms. The summed E-state index contributed by atoms with van der Waals surface area (Å²) in [5, 5.41) is 0.497. The van der Waals surface area contributed by atoms with Crippen LogP contribution < -0.4 is 11.0 Å². The first-order valence-corrected chi connectivity index (χ1v) is 7.93. The smallest absolute Gasteiger partial charge is 0.273 e. The van der Waals surface area contributed by atoms with Crippen molar-refractivity contribution in [3.63, 3.8) is 0 Å². The number of rotatable bonds is 4. The van der Waals surface area contributed by atoms with Gasteiger partial charge in [-0.25, -0.2) is 14.1 Å². The molecule has 1 aromatic carbocycles. The molecule has 2 heterocycles. The van der Waals surface area contributed by atoms with Gasteiger partial charge in [-0.05, 0) is 30.2 Å². The number of hydrogen-bond acceptors (Lipinski definition) is 4. The highest BCUT2D eigenvalue weighted by molar-refractivity contribution is 7.18. The molecule has 0 saturated carbocycles. The minimum absolute atomic E-state index is 0.0502. The Kier molecular flexibility index (Phi) is 4.20. The first kappa shape index (κ1) is 15.4. The zero-order valence-electron chi connectivity index (χ0n) is 12.4. The number of aromatic nitrogens is 2. The van der Waals surface area contributed by atoms with E-state index in [2.05, 4.69) is 10.4 Å². The second-order valence-electron chi connectivity index (χ2n) is 5.04. The molecule has 118 valence electrons. The van der Waals surface area contributed by atoms with Gasteiger partial charge in [-0.15, -0.1) is 11.3 Å². The van der Waals surface area contributed by atoms with E-state index in [1.54, 1.807) is 6.07 Å². The Bertz CT molecular complexity index is 915. The number of carbonyl (C=O) groups excluding carboxylic acids is 1. The summed E-state index contributed by atoms with van der Waals surface area (Å²) in [5.41, 5.74) is 2.86. The van der Waals surface area contributed by atoms with Crippen LogP contribution in [0.4, 0.5) is 4.39 Å². The average Bonchev–Trinajstić information content (AvgIpc) is 2.96. The SMILES string of the molecule is CCc1cc2c(=O)n(NC(=O)Cc3ccc(F)cc3)cnc2s1. The number of fused-ring (bicyclic) bond motifs is 1. The molecule has 0 radical (unpaired) electrons. The van der Waals surface area contributed by atoms with E-state index in [4.69, 9.17) is 0 Å². The van der Waals surface area contributed by atoms with Crippen LogP contribution in [0.1, 0.15) is 17.4 Å². The largest absolute Gasteiger partial charge is 0.280 e. The Hall–Kier alpha value is -2.54.